The highest BCUT2D eigenvalue weighted by Crippen LogP contribution is 2.24. The number of rotatable bonds is 6. The Kier molecular flexibility index (Phi) is 6.66. The summed E-state index contributed by atoms with van der Waals surface area (Å²) in [5.41, 5.74) is 1.59. The van der Waals surface area contributed by atoms with Gasteiger partial charge in [-0.05, 0) is 29.5 Å². The lowest BCUT2D eigenvalue weighted by atomic mass is 10.1. The van der Waals surface area contributed by atoms with Crippen LogP contribution >= 0.6 is 22.9 Å². The molecule has 0 atom stereocenters. The summed E-state index contributed by atoms with van der Waals surface area (Å²) in [4.78, 5) is 27.1. The molecule has 1 fully saturated rings. The van der Waals surface area contributed by atoms with E-state index in [1.807, 2.05) is 17.5 Å². The lowest BCUT2D eigenvalue weighted by Gasteiger charge is -2.34. The van der Waals surface area contributed by atoms with E-state index in [2.05, 4.69) is 30.6 Å². The lowest BCUT2D eigenvalue weighted by Crippen LogP contribution is -2.48. The SMILES string of the molecule is Cn1nnc(-c2cc(CN3CCN(C(=O)c4cccc(Cl)c4F)CC3)nc(Nc3nccs3)c2)n1. The molecule has 0 radical (unpaired) electrons. The monoisotopic (exact) mass is 513 g/mol. The molecule has 5 rings (SSSR count). The van der Waals surface area contributed by atoms with Crippen molar-refractivity contribution in [1.82, 2.24) is 40.0 Å². The molecule has 4 heterocycles. The van der Waals surface area contributed by atoms with E-state index in [1.165, 1.54) is 28.3 Å². The van der Waals surface area contributed by atoms with Crippen LogP contribution < -0.4 is 5.32 Å². The summed E-state index contributed by atoms with van der Waals surface area (Å²) in [7, 11) is 1.71. The minimum absolute atomic E-state index is 0.00492. The molecule has 13 heteroatoms. The van der Waals surface area contributed by atoms with E-state index in [9.17, 15) is 9.18 Å². The van der Waals surface area contributed by atoms with Crippen LogP contribution in [-0.2, 0) is 13.6 Å². The predicted octanol–water partition coefficient (Wildman–Crippen LogP) is 3.22. The summed E-state index contributed by atoms with van der Waals surface area (Å²) in [6.07, 6.45) is 1.72. The zero-order valence-corrected chi connectivity index (χ0v) is 20.3. The van der Waals surface area contributed by atoms with Crippen molar-refractivity contribution in [3.8, 4) is 11.4 Å². The molecule has 180 valence electrons. The van der Waals surface area contributed by atoms with Crippen LogP contribution in [0.25, 0.3) is 11.4 Å². The number of amides is 1. The van der Waals surface area contributed by atoms with Crippen LogP contribution in [0.2, 0.25) is 5.02 Å². The summed E-state index contributed by atoms with van der Waals surface area (Å²) in [6, 6.07) is 8.27. The number of tetrazole rings is 1. The number of hydrogen-bond donors (Lipinski definition) is 1. The van der Waals surface area contributed by atoms with Crippen LogP contribution in [0.15, 0.2) is 41.9 Å². The van der Waals surface area contributed by atoms with Crippen molar-refractivity contribution >= 4 is 39.8 Å². The van der Waals surface area contributed by atoms with E-state index in [0.717, 1.165) is 16.4 Å². The molecule has 3 aromatic heterocycles. The third kappa shape index (κ3) is 5.29. The van der Waals surface area contributed by atoms with Gasteiger partial charge in [-0.2, -0.15) is 4.80 Å². The van der Waals surface area contributed by atoms with E-state index in [1.54, 1.807) is 24.2 Å². The minimum atomic E-state index is -0.680. The summed E-state index contributed by atoms with van der Waals surface area (Å²) in [6.45, 7) is 2.76. The molecule has 0 unspecified atom stereocenters. The number of thiazole rings is 1. The molecule has 1 N–H and O–H groups in total. The van der Waals surface area contributed by atoms with E-state index in [-0.39, 0.29) is 16.5 Å². The fourth-order valence-corrected chi connectivity index (χ4v) is 4.54. The van der Waals surface area contributed by atoms with E-state index >= 15 is 0 Å². The van der Waals surface area contributed by atoms with Gasteiger partial charge >= 0.3 is 0 Å². The van der Waals surface area contributed by atoms with Gasteiger partial charge in [0.05, 0.1) is 23.3 Å². The highest BCUT2D eigenvalue weighted by Gasteiger charge is 2.25. The van der Waals surface area contributed by atoms with Crippen LogP contribution in [0, 0.1) is 5.82 Å². The maximum absolute atomic E-state index is 14.3. The number of pyridine rings is 1. The molecule has 0 saturated carbocycles. The molecule has 1 amide bonds. The van der Waals surface area contributed by atoms with Gasteiger partial charge in [0.2, 0.25) is 5.82 Å². The van der Waals surface area contributed by atoms with Gasteiger partial charge in [0.25, 0.3) is 5.91 Å². The number of nitrogens with one attached hydrogen (secondary N) is 1. The molecule has 1 aliphatic heterocycles. The van der Waals surface area contributed by atoms with Gasteiger partial charge < -0.3 is 10.2 Å². The molecule has 1 saturated heterocycles. The van der Waals surface area contributed by atoms with Crippen LogP contribution in [0.4, 0.5) is 15.3 Å². The van der Waals surface area contributed by atoms with Gasteiger partial charge in [-0.1, -0.05) is 17.7 Å². The number of aryl methyl sites for hydroxylation is 1. The fourth-order valence-electron chi connectivity index (χ4n) is 3.83. The number of carbonyl (C=O) groups is 1. The Morgan fingerprint density at radius 2 is 2.06 bits per heavy atom. The molecule has 0 spiro atoms. The van der Waals surface area contributed by atoms with E-state index in [4.69, 9.17) is 16.6 Å². The van der Waals surface area contributed by atoms with Gasteiger partial charge in [0, 0.05) is 49.9 Å². The largest absolute Gasteiger partial charge is 0.336 e. The smallest absolute Gasteiger partial charge is 0.256 e. The Morgan fingerprint density at radius 1 is 1.23 bits per heavy atom. The Bertz CT molecular complexity index is 1340. The standard InChI is InChI=1S/C22H21ClFN9OS/c1-31-29-20(28-30-31)14-11-15(26-18(12-14)27-22-25-5-10-35-22)13-32-6-8-33(9-7-32)21(34)16-3-2-4-17(23)19(16)24/h2-5,10-12H,6-9,13H2,1H3,(H,25,26,27). The third-order valence-electron chi connectivity index (χ3n) is 5.54. The number of anilines is 2. The summed E-state index contributed by atoms with van der Waals surface area (Å²) in [5, 5.41) is 18.1. The van der Waals surface area contributed by atoms with Crippen LogP contribution in [0.1, 0.15) is 16.1 Å². The highest BCUT2D eigenvalue weighted by molar-refractivity contribution is 7.13. The Labute approximate surface area is 209 Å². The third-order valence-corrected chi connectivity index (χ3v) is 6.52. The van der Waals surface area contributed by atoms with Crippen molar-refractivity contribution < 1.29 is 9.18 Å². The average Bonchev–Trinajstić information content (AvgIpc) is 3.52. The maximum Gasteiger partial charge on any atom is 0.256 e. The maximum atomic E-state index is 14.3. The van der Waals surface area contributed by atoms with Gasteiger partial charge in [-0.25, -0.2) is 14.4 Å². The van der Waals surface area contributed by atoms with Gasteiger partial charge in [0.1, 0.15) is 5.82 Å². The van der Waals surface area contributed by atoms with E-state index in [0.29, 0.717) is 44.4 Å². The molecule has 0 bridgehead atoms. The van der Waals surface area contributed by atoms with Crippen LogP contribution in [-0.4, -0.2) is 72.1 Å². The van der Waals surface area contributed by atoms with Crippen molar-refractivity contribution in [2.24, 2.45) is 7.05 Å². The average molecular weight is 514 g/mol. The highest BCUT2D eigenvalue weighted by atomic mass is 35.5. The normalized spacial score (nSPS) is 14.3. The topological polar surface area (TPSA) is 105 Å². The molecular weight excluding hydrogens is 493 g/mol. The van der Waals surface area contributed by atoms with Gasteiger partial charge in [-0.3, -0.25) is 9.69 Å². The lowest BCUT2D eigenvalue weighted by molar-refractivity contribution is 0.0622. The van der Waals surface area contributed by atoms with Crippen LogP contribution in [0.3, 0.4) is 0 Å². The first kappa shape index (κ1) is 23.3. The molecule has 0 aliphatic carbocycles. The minimum Gasteiger partial charge on any atom is -0.336 e. The molecule has 1 aliphatic rings. The van der Waals surface area contributed by atoms with Crippen LogP contribution in [0.5, 0.6) is 0 Å². The number of benzene rings is 1. The zero-order chi connectivity index (χ0) is 24.4. The summed E-state index contributed by atoms with van der Waals surface area (Å²) in [5.74, 6) is 0.0939. The van der Waals surface area contributed by atoms with E-state index < -0.39 is 5.82 Å². The Morgan fingerprint density at radius 3 is 2.77 bits per heavy atom. The van der Waals surface area contributed by atoms with Gasteiger partial charge in [0.15, 0.2) is 10.9 Å². The van der Waals surface area contributed by atoms with Crippen molar-refractivity contribution in [2.45, 2.75) is 6.54 Å². The molecule has 10 nitrogen and oxygen atoms in total. The zero-order valence-electron chi connectivity index (χ0n) is 18.7. The van der Waals surface area contributed by atoms with Crippen molar-refractivity contribution in [1.29, 1.82) is 0 Å². The molecule has 35 heavy (non-hydrogen) atoms. The number of halogens is 2. The summed E-state index contributed by atoms with van der Waals surface area (Å²) < 4.78 is 14.3. The molecular formula is C22H21ClFN9OS. The number of carbonyl (C=O) groups excluding carboxylic acids is 1. The second kappa shape index (κ2) is 10.0. The first-order chi connectivity index (χ1) is 17.0. The second-order valence-corrected chi connectivity index (χ2v) is 9.27. The number of hydrogen-bond acceptors (Lipinski definition) is 9. The number of nitrogens with zero attached hydrogens (tertiary/aromatic N) is 8. The Balaban J connectivity index is 1.30. The van der Waals surface area contributed by atoms with Gasteiger partial charge in [-0.15, -0.1) is 21.5 Å². The number of piperazine rings is 1. The fraction of sp³-hybridized carbons (Fsp3) is 0.273. The van der Waals surface area contributed by atoms with Crippen molar-refractivity contribution in [3.05, 3.63) is 64.0 Å². The summed E-state index contributed by atoms with van der Waals surface area (Å²) >= 11 is 7.32. The first-order valence-electron chi connectivity index (χ1n) is 10.8. The molecule has 4 aromatic rings. The molecule has 1 aromatic carbocycles. The Hall–Kier alpha value is -3.48. The quantitative estimate of drug-likeness (QED) is 0.419. The van der Waals surface area contributed by atoms with Crippen molar-refractivity contribution in [2.75, 3.05) is 31.5 Å². The predicted molar refractivity (Wildman–Crippen MR) is 130 cm³/mol. The second-order valence-electron chi connectivity index (χ2n) is 7.97. The first-order valence-corrected chi connectivity index (χ1v) is 12.1. The number of aromatic nitrogens is 6. The van der Waals surface area contributed by atoms with Crippen molar-refractivity contribution in [3.63, 3.8) is 0 Å².